The summed E-state index contributed by atoms with van der Waals surface area (Å²) in [6.45, 7) is 6.14. The molecule has 4 bridgehead atoms. The SMILES string of the molecule is CNC(=O)C1CCC(CN2C(=O)CC(SCCC(=O)N(C)[C@H](C)C(=O)O[C@H]3CC(=O)N(C)c4cc(cc(CO)c4Cl)C/C(C)=C/C=C/[C@@H](CO)[C@@]4(O)C[C@H](OC(=O)N4)[C@@H](C)[C@@H]4O[C@@]34C)C2=O)CC1. The highest BCUT2D eigenvalue weighted by Gasteiger charge is 2.64. The molecule has 4 aliphatic heterocycles. The van der Waals surface area contributed by atoms with Crippen LogP contribution in [0.4, 0.5) is 10.5 Å². The summed E-state index contributed by atoms with van der Waals surface area (Å²) >= 11 is 7.98. The summed E-state index contributed by atoms with van der Waals surface area (Å²) < 4.78 is 18.1. The third kappa shape index (κ3) is 11.7. The maximum Gasteiger partial charge on any atom is 0.409 e. The van der Waals surface area contributed by atoms with Crippen molar-refractivity contribution >= 4 is 70.6 Å². The maximum atomic E-state index is 14.3. The van der Waals surface area contributed by atoms with Crippen LogP contribution in [-0.2, 0) is 56.0 Å². The van der Waals surface area contributed by atoms with Gasteiger partial charge in [-0.25, -0.2) is 9.59 Å². The van der Waals surface area contributed by atoms with Crippen molar-refractivity contribution in [2.75, 3.05) is 44.9 Å². The van der Waals surface area contributed by atoms with Crippen LogP contribution in [0.5, 0.6) is 0 Å². The average Bonchev–Trinajstić information content (AvgIpc) is 3.94. The van der Waals surface area contributed by atoms with Crippen molar-refractivity contribution in [1.29, 1.82) is 0 Å². The summed E-state index contributed by atoms with van der Waals surface area (Å²) in [5.74, 6) is -3.61. The van der Waals surface area contributed by atoms with Gasteiger partial charge in [0.2, 0.25) is 29.5 Å². The van der Waals surface area contributed by atoms with Crippen LogP contribution in [0.2, 0.25) is 5.02 Å². The topological polar surface area (TPSA) is 245 Å². The zero-order valence-corrected chi connectivity index (χ0v) is 41.4. The van der Waals surface area contributed by atoms with Gasteiger partial charge in [0.15, 0.2) is 5.72 Å². The Balaban J connectivity index is 1.15. The molecule has 18 nitrogen and oxygen atoms in total. The van der Waals surface area contributed by atoms with Gasteiger partial charge < -0.3 is 44.6 Å². The summed E-state index contributed by atoms with van der Waals surface area (Å²) in [6.07, 6.45) is 3.89. The summed E-state index contributed by atoms with van der Waals surface area (Å²) in [7, 11) is 4.58. The number of carbonyl (C=O) groups is 7. The van der Waals surface area contributed by atoms with E-state index in [9.17, 15) is 48.9 Å². The molecule has 0 aromatic heterocycles. The lowest BCUT2D eigenvalue weighted by atomic mass is 9.81. The fraction of sp³-hybridized carbons (Fsp3) is 0.646. The number of nitrogens with zero attached hydrogens (tertiary/aromatic N) is 3. The zero-order valence-electron chi connectivity index (χ0n) is 39.8. The lowest BCUT2D eigenvalue weighted by Crippen LogP contribution is -2.62. The van der Waals surface area contributed by atoms with E-state index < -0.39 is 96.3 Å². The molecule has 4 fully saturated rings. The van der Waals surface area contributed by atoms with Gasteiger partial charge in [0.05, 0.1) is 41.7 Å². The molecule has 1 aliphatic carbocycles. The fourth-order valence-corrected chi connectivity index (χ4v) is 11.2. The first-order valence-corrected chi connectivity index (χ1v) is 24.7. The van der Waals surface area contributed by atoms with Gasteiger partial charge in [-0.05, 0) is 76.0 Å². The number of allylic oxidation sites excluding steroid dienone is 3. The number of likely N-dealkylation sites (tertiary alicyclic amines) is 1. The molecule has 3 saturated heterocycles. The predicted molar refractivity (Wildman–Crippen MR) is 252 cm³/mol. The van der Waals surface area contributed by atoms with Crippen LogP contribution in [0.15, 0.2) is 35.9 Å². The number of thioether (sulfide) groups is 1. The van der Waals surface area contributed by atoms with E-state index >= 15 is 0 Å². The van der Waals surface area contributed by atoms with Crippen molar-refractivity contribution in [3.8, 4) is 0 Å². The molecule has 4 heterocycles. The highest BCUT2D eigenvalue weighted by Crippen LogP contribution is 2.49. The number of hydrogen-bond donors (Lipinski definition) is 5. The molecule has 1 unspecified atom stereocenters. The molecule has 5 N–H and O–H groups in total. The second-order valence-corrected chi connectivity index (χ2v) is 20.8. The van der Waals surface area contributed by atoms with Crippen LogP contribution in [0, 0.1) is 23.7 Å². The van der Waals surface area contributed by atoms with Gasteiger partial charge in [0, 0.05) is 70.5 Å². The molecule has 20 heteroatoms. The molecule has 0 spiro atoms. The number of amides is 6. The van der Waals surface area contributed by atoms with E-state index in [0.29, 0.717) is 37.1 Å². The summed E-state index contributed by atoms with van der Waals surface area (Å²) in [5, 5.41) is 37.1. The lowest BCUT2D eigenvalue weighted by molar-refractivity contribution is -0.162. The van der Waals surface area contributed by atoms with E-state index in [-0.39, 0.29) is 59.6 Å². The first-order valence-electron chi connectivity index (χ1n) is 23.3. The Labute approximate surface area is 406 Å². The minimum Gasteiger partial charge on any atom is -0.457 e. The molecule has 6 amide bonds. The van der Waals surface area contributed by atoms with Crippen molar-refractivity contribution < 1.29 is 63.1 Å². The number of hydrogen-bond acceptors (Lipinski definition) is 14. The second kappa shape index (κ2) is 22.0. The van der Waals surface area contributed by atoms with E-state index in [1.807, 2.05) is 6.92 Å². The Morgan fingerprint density at radius 1 is 1.10 bits per heavy atom. The van der Waals surface area contributed by atoms with Gasteiger partial charge in [0.1, 0.15) is 23.9 Å². The molecular formula is C48H66ClN5O13S. The van der Waals surface area contributed by atoms with E-state index in [1.54, 1.807) is 51.3 Å². The summed E-state index contributed by atoms with van der Waals surface area (Å²) in [6, 6.07) is 2.31. The quantitative estimate of drug-likeness (QED) is 0.115. The van der Waals surface area contributed by atoms with Crippen molar-refractivity contribution in [3.05, 3.63) is 52.1 Å². The number of ether oxygens (including phenoxy) is 3. The van der Waals surface area contributed by atoms with Crippen molar-refractivity contribution in [3.63, 3.8) is 0 Å². The largest absolute Gasteiger partial charge is 0.457 e. The van der Waals surface area contributed by atoms with Gasteiger partial charge in [-0.1, -0.05) is 48.4 Å². The van der Waals surface area contributed by atoms with E-state index in [2.05, 4.69) is 10.6 Å². The standard InChI is InChI=1S/C48H66ClN5O13S/c1-26-9-8-10-33(25-56)48(64)22-35(65-46(63)51-48)27(2)42-47(4,67-42)37(21-39(58)53(7)34-19-30(17-26)18-32(24-55)41(34)49)66-45(62)28(3)52(6)38(57)15-16-68-36-20-40(59)54(44(36)61)23-29-11-13-31(14-12-29)43(60)50-5/h8-10,18-19,27-29,31,33,35-37,42,55-56,64H,11-17,20-25H2,1-7H3,(H,50,60)(H,51,63)/b10-8+,26-9+/t27-,28-,29?,31?,33+,35+,36?,37+,42+,47+,48+/m1/s1. The van der Waals surface area contributed by atoms with E-state index in [0.717, 1.165) is 24.0 Å². The Hall–Kier alpha value is -4.53. The predicted octanol–water partition coefficient (Wildman–Crippen LogP) is 3.39. The Morgan fingerprint density at radius 3 is 2.47 bits per heavy atom. The van der Waals surface area contributed by atoms with Gasteiger partial charge in [-0.2, -0.15) is 0 Å². The monoisotopic (exact) mass is 987 g/mol. The molecule has 6 rings (SSSR count). The number of carbonyl (C=O) groups excluding carboxylic acids is 7. The minimum absolute atomic E-state index is 0.00841. The minimum atomic E-state index is -1.91. The van der Waals surface area contributed by atoms with Crippen LogP contribution in [0.3, 0.4) is 0 Å². The van der Waals surface area contributed by atoms with Gasteiger partial charge >= 0.3 is 12.1 Å². The molecule has 1 saturated carbocycles. The van der Waals surface area contributed by atoms with Crippen LogP contribution < -0.4 is 15.5 Å². The molecule has 68 heavy (non-hydrogen) atoms. The Morgan fingerprint density at radius 2 is 1.81 bits per heavy atom. The van der Waals surface area contributed by atoms with Gasteiger partial charge in [-0.3, -0.25) is 34.2 Å². The number of likely N-dealkylation sites (N-methyl/N-ethyl adjacent to an activating group) is 1. The number of nitrogens with one attached hydrogen (secondary N) is 2. The van der Waals surface area contributed by atoms with Crippen LogP contribution in [0.25, 0.3) is 0 Å². The average molecular weight is 989 g/mol. The fourth-order valence-electron chi connectivity index (χ4n) is 9.82. The molecule has 9 atom stereocenters. The van der Waals surface area contributed by atoms with Gasteiger partial charge in [0.25, 0.3) is 0 Å². The first-order chi connectivity index (χ1) is 32.1. The Kier molecular flexibility index (Phi) is 17.1. The number of benzene rings is 1. The number of alkyl carbamates (subject to hydrolysis) is 1. The normalized spacial score (nSPS) is 32.8. The molecular weight excluding hydrogens is 922 g/mol. The molecule has 374 valence electrons. The smallest absolute Gasteiger partial charge is 0.409 e. The highest BCUT2D eigenvalue weighted by atomic mass is 35.5. The first kappa shape index (κ1) is 52.8. The number of anilines is 1. The maximum absolute atomic E-state index is 14.3. The Bertz CT molecular complexity index is 2180. The third-order valence-electron chi connectivity index (χ3n) is 14.5. The number of epoxide rings is 1. The number of fused-ring (bicyclic) bond motifs is 5. The van der Waals surface area contributed by atoms with Gasteiger partial charge in [-0.15, -0.1) is 11.8 Å². The van der Waals surface area contributed by atoms with Crippen LogP contribution in [-0.4, -0.2) is 148 Å². The number of halogens is 1. The zero-order chi connectivity index (χ0) is 49.8. The molecule has 1 aromatic carbocycles. The lowest BCUT2D eigenvalue weighted by Gasteiger charge is -2.42. The number of imide groups is 1. The molecule has 5 aliphatic rings. The van der Waals surface area contributed by atoms with Crippen molar-refractivity contribution in [2.45, 2.75) is 133 Å². The highest BCUT2D eigenvalue weighted by molar-refractivity contribution is 8.00. The van der Waals surface area contributed by atoms with Crippen LogP contribution in [0.1, 0.15) is 90.2 Å². The van der Waals surface area contributed by atoms with E-state index in [1.165, 1.54) is 47.5 Å². The van der Waals surface area contributed by atoms with Crippen molar-refractivity contribution in [1.82, 2.24) is 20.4 Å². The summed E-state index contributed by atoms with van der Waals surface area (Å²) in [5.41, 5.74) is -0.980. The van der Waals surface area contributed by atoms with E-state index in [4.69, 9.17) is 25.8 Å². The number of rotatable bonds is 12. The molecule has 0 radical (unpaired) electrons. The molecule has 1 aromatic rings. The van der Waals surface area contributed by atoms with Crippen molar-refractivity contribution in [2.24, 2.45) is 23.7 Å². The number of aliphatic hydroxyl groups is 3. The summed E-state index contributed by atoms with van der Waals surface area (Å²) in [4.78, 5) is 97.0. The number of esters is 1. The second-order valence-electron chi connectivity index (χ2n) is 19.1. The van der Waals surface area contributed by atoms with Crippen LogP contribution >= 0.6 is 23.4 Å². The number of aliphatic hydroxyl groups excluding tert-OH is 2. The third-order valence-corrected chi connectivity index (χ3v) is 16.1.